The quantitative estimate of drug-likeness (QED) is 0.779. The molecule has 1 aliphatic rings. The van der Waals surface area contributed by atoms with Crippen LogP contribution in [0.3, 0.4) is 0 Å². The zero-order valence-electron chi connectivity index (χ0n) is 13.1. The van der Waals surface area contributed by atoms with Crippen LogP contribution in [0.5, 0.6) is 5.75 Å². The molecule has 0 radical (unpaired) electrons. The molecule has 2 heterocycles. The number of imidazole rings is 1. The van der Waals surface area contributed by atoms with E-state index in [4.69, 9.17) is 4.74 Å². The molecule has 4 rings (SSSR count). The lowest BCUT2D eigenvalue weighted by Crippen LogP contribution is -2.19. The van der Waals surface area contributed by atoms with E-state index in [1.165, 1.54) is 0 Å². The van der Waals surface area contributed by atoms with Crippen molar-refractivity contribution >= 4 is 16.6 Å². The van der Waals surface area contributed by atoms with Crippen LogP contribution in [-0.2, 0) is 0 Å². The first-order chi connectivity index (χ1) is 11.7. The molecule has 0 unspecified atom stereocenters. The van der Waals surface area contributed by atoms with Crippen LogP contribution in [-0.4, -0.2) is 21.8 Å². The average molecular weight is 317 g/mol. The van der Waals surface area contributed by atoms with Gasteiger partial charge in [-0.25, -0.2) is 4.98 Å². The van der Waals surface area contributed by atoms with E-state index in [0.29, 0.717) is 12.2 Å². The molecule has 5 nitrogen and oxygen atoms in total. The minimum atomic E-state index is -0.115. The number of aromatic nitrogens is 2. The second-order valence-electron chi connectivity index (χ2n) is 5.72. The summed E-state index contributed by atoms with van der Waals surface area (Å²) in [6, 6.07) is 17.5. The van der Waals surface area contributed by atoms with Gasteiger partial charge >= 0.3 is 0 Å². The van der Waals surface area contributed by atoms with Gasteiger partial charge in [0.05, 0.1) is 24.2 Å². The van der Waals surface area contributed by atoms with Gasteiger partial charge in [0.1, 0.15) is 23.2 Å². The van der Waals surface area contributed by atoms with Crippen molar-refractivity contribution in [3.05, 3.63) is 65.7 Å². The molecule has 0 spiro atoms. The van der Waals surface area contributed by atoms with Crippen molar-refractivity contribution < 1.29 is 9.84 Å². The van der Waals surface area contributed by atoms with E-state index in [2.05, 4.69) is 11.1 Å². The van der Waals surface area contributed by atoms with Crippen LogP contribution in [0.15, 0.2) is 54.3 Å². The molecule has 1 aromatic heterocycles. The number of hydrogen-bond acceptors (Lipinski definition) is 4. The summed E-state index contributed by atoms with van der Waals surface area (Å²) in [5.74, 6) is 1.38. The molecular weight excluding hydrogens is 302 g/mol. The number of rotatable bonds is 2. The number of ether oxygens (including phenoxy) is 1. The first-order valence-electron chi connectivity index (χ1n) is 7.66. The SMILES string of the molecule is COc1ccc([C@@H]2CC(O)=C(C#N)c3nc4ccccc4n32)cc1. The first kappa shape index (κ1) is 14.3. The van der Waals surface area contributed by atoms with Gasteiger partial charge in [0.15, 0.2) is 5.82 Å². The van der Waals surface area contributed by atoms with E-state index in [0.717, 1.165) is 22.3 Å². The standard InChI is InChI=1S/C19H15N3O2/c1-24-13-8-6-12(7-9-13)17-10-18(23)14(11-20)19-21-15-4-2-3-5-16(15)22(17)19/h2-9,17,23H,10H2,1H3/t17-/m0/s1. The molecule has 0 saturated heterocycles. The number of hydrogen-bond donors (Lipinski definition) is 1. The predicted molar refractivity (Wildman–Crippen MR) is 90.6 cm³/mol. The van der Waals surface area contributed by atoms with Crippen LogP contribution in [0, 0.1) is 11.3 Å². The van der Waals surface area contributed by atoms with Crippen LogP contribution >= 0.6 is 0 Å². The number of allylic oxidation sites excluding steroid dienone is 2. The minimum absolute atomic E-state index is 0.0844. The molecule has 3 aromatic rings. The monoisotopic (exact) mass is 317 g/mol. The summed E-state index contributed by atoms with van der Waals surface area (Å²) >= 11 is 0. The third-order valence-electron chi connectivity index (χ3n) is 4.42. The summed E-state index contributed by atoms with van der Waals surface area (Å²) in [6.45, 7) is 0. The number of methoxy groups -OCH3 is 1. The number of aliphatic hydroxyl groups is 1. The topological polar surface area (TPSA) is 71.1 Å². The molecule has 118 valence electrons. The van der Waals surface area contributed by atoms with E-state index >= 15 is 0 Å². The Balaban J connectivity index is 1.95. The second kappa shape index (κ2) is 5.43. The summed E-state index contributed by atoms with van der Waals surface area (Å²) < 4.78 is 7.25. The van der Waals surface area contributed by atoms with Gasteiger partial charge in [0.2, 0.25) is 0 Å². The Morgan fingerprint density at radius 3 is 2.67 bits per heavy atom. The number of aliphatic hydroxyl groups excluding tert-OH is 1. The Morgan fingerprint density at radius 1 is 1.21 bits per heavy atom. The highest BCUT2D eigenvalue weighted by Crippen LogP contribution is 2.38. The van der Waals surface area contributed by atoms with Crippen molar-refractivity contribution in [1.82, 2.24) is 9.55 Å². The van der Waals surface area contributed by atoms with Gasteiger partial charge in [-0.3, -0.25) is 0 Å². The van der Waals surface area contributed by atoms with Gasteiger partial charge < -0.3 is 14.4 Å². The molecule has 1 atom stereocenters. The largest absolute Gasteiger partial charge is 0.511 e. The highest BCUT2D eigenvalue weighted by molar-refractivity contribution is 5.85. The molecule has 24 heavy (non-hydrogen) atoms. The normalized spacial score (nSPS) is 16.8. The number of para-hydroxylation sites is 2. The second-order valence-corrected chi connectivity index (χ2v) is 5.72. The molecule has 2 aromatic carbocycles. The molecule has 0 aliphatic carbocycles. The molecule has 0 fully saturated rings. The maximum atomic E-state index is 10.4. The zero-order chi connectivity index (χ0) is 16.7. The van der Waals surface area contributed by atoms with Crippen LogP contribution in [0.25, 0.3) is 16.6 Å². The average Bonchev–Trinajstić information content (AvgIpc) is 3.00. The Labute approximate surface area is 139 Å². The van der Waals surface area contributed by atoms with Crippen LogP contribution in [0.1, 0.15) is 23.9 Å². The van der Waals surface area contributed by atoms with Crippen molar-refractivity contribution in [2.24, 2.45) is 0 Å². The van der Waals surface area contributed by atoms with Gasteiger partial charge in [-0.1, -0.05) is 24.3 Å². The fraction of sp³-hybridized carbons (Fsp3) is 0.158. The Kier molecular flexibility index (Phi) is 3.24. The Morgan fingerprint density at radius 2 is 1.96 bits per heavy atom. The number of nitriles is 1. The molecule has 0 saturated carbocycles. The fourth-order valence-electron chi connectivity index (χ4n) is 3.25. The lowest BCUT2D eigenvalue weighted by molar-refractivity contribution is 0.358. The van der Waals surface area contributed by atoms with Crippen molar-refractivity contribution in [2.45, 2.75) is 12.5 Å². The van der Waals surface area contributed by atoms with Gasteiger partial charge in [-0.2, -0.15) is 5.26 Å². The smallest absolute Gasteiger partial charge is 0.155 e. The van der Waals surface area contributed by atoms with Gasteiger partial charge in [0.25, 0.3) is 0 Å². The van der Waals surface area contributed by atoms with E-state index < -0.39 is 0 Å². The summed E-state index contributed by atoms with van der Waals surface area (Å²) in [7, 11) is 1.63. The van der Waals surface area contributed by atoms with Crippen molar-refractivity contribution in [3.63, 3.8) is 0 Å². The van der Waals surface area contributed by atoms with Gasteiger partial charge in [0, 0.05) is 6.42 Å². The number of fused-ring (bicyclic) bond motifs is 3. The first-order valence-corrected chi connectivity index (χ1v) is 7.66. The summed E-state index contributed by atoms with van der Waals surface area (Å²) in [5.41, 5.74) is 3.04. The zero-order valence-corrected chi connectivity index (χ0v) is 13.1. The third-order valence-corrected chi connectivity index (χ3v) is 4.42. The van der Waals surface area contributed by atoms with E-state index in [9.17, 15) is 10.4 Å². The van der Waals surface area contributed by atoms with Gasteiger partial charge in [-0.15, -0.1) is 0 Å². The van der Waals surface area contributed by atoms with E-state index in [1.54, 1.807) is 7.11 Å². The predicted octanol–water partition coefficient (Wildman–Crippen LogP) is 3.83. The van der Waals surface area contributed by atoms with Gasteiger partial charge in [-0.05, 0) is 29.8 Å². The van der Waals surface area contributed by atoms with Crippen LogP contribution in [0.4, 0.5) is 0 Å². The van der Waals surface area contributed by atoms with Crippen molar-refractivity contribution in [3.8, 4) is 11.8 Å². The van der Waals surface area contributed by atoms with E-state index in [1.807, 2.05) is 53.1 Å². The maximum Gasteiger partial charge on any atom is 0.155 e. The number of benzene rings is 2. The van der Waals surface area contributed by atoms with Crippen molar-refractivity contribution in [2.75, 3.05) is 7.11 Å². The molecular formula is C19H15N3O2. The molecule has 0 amide bonds. The lowest BCUT2D eigenvalue weighted by Gasteiger charge is -2.26. The number of nitrogens with zero attached hydrogens (tertiary/aromatic N) is 3. The summed E-state index contributed by atoms with van der Waals surface area (Å²) in [6.07, 6.45) is 0.364. The van der Waals surface area contributed by atoms with Crippen LogP contribution in [0.2, 0.25) is 0 Å². The van der Waals surface area contributed by atoms with Crippen LogP contribution < -0.4 is 4.74 Å². The highest BCUT2D eigenvalue weighted by Gasteiger charge is 2.30. The Bertz CT molecular complexity index is 994. The Hall–Kier alpha value is -3.26. The fourth-order valence-corrected chi connectivity index (χ4v) is 3.25. The molecule has 1 aliphatic heterocycles. The highest BCUT2D eigenvalue weighted by atomic mass is 16.5. The van der Waals surface area contributed by atoms with E-state index in [-0.39, 0.29) is 17.4 Å². The summed E-state index contributed by atoms with van der Waals surface area (Å²) in [4.78, 5) is 4.56. The molecule has 5 heteroatoms. The molecule has 1 N–H and O–H groups in total. The minimum Gasteiger partial charge on any atom is -0.511 e. The third kappa shape index (κ3) is 2.04. The maximum absolute atomic E-state index is 10.4. The molecule has 0 bridgehead atoms. The summed E-state index contributed by atoms with van der Waals surface area (Å²) in [5, 5.41) is 19.8. The lowest BCUT2D eigenvalue weighted by atomic mass is 9.96. The van der Waals surface area contributed by atoms with Crippen molar-refractivity contribution in [1.29, 1.82) is 5.26 Å².